The maximum absolute atomic E-state index is 9.05. The molecule has 0 aromatic rings. The minimum absolute atomic E-state index is 0.239. The van der Waals surface area contributed by atoms with Crippen LogP contribution < -0.4 is 0 Å². The van der Waals surface area contributed by atoms with Gasteiger partial charge in [-0.3, -0.25) is 0 Å². The van der Waals surface area contributed by atoms with Crippen LogP contribution in [0.1, 0.15) is 19.3 Å². The third-order valence-electron chi connectivity index (χ3n) is 1.60. The van der Waals surface area contributed by atoms with Crippen LogP contribution in [0, 0.1) is 0 Å². The van der Waals surface area contributed by atoms with Crippen molar-refractivity contribution in [2.45, 2.75) is 31.8 Å². The topological polar surface area (TPSA) is 38.7 Å². The van der Waals surface area contributed by atoms with Gasteiger partial charge < -0.3 is 14.6 Å². The van der Waals surface area contributed by atoms with E-state index in [1.807, 2.05) is 0 Å². The molecular weight excluding hydrogens is 144 g/mol. The molecule has 0 bridgehead atoms. The Morgan fingerprint density at radius 3 is 3.09 bits per heavy atom. The van der Waals surface area contributed by atoms with Crippen LogP contribution >= 0.6 is 0 Å². The summed E-state index contributed by atoms with van der Waals surface area (Å²) in [6.45, 7) is 4.00. The molecule has 11 heavy (non-hydrogen) atoms. The molecule has 0 aromatic heterocycles. The van der Waals surface area contributed by atoms with Crippen molar-refractivity contribution in [1.82, 2.24) is 0 Å². The Labute approximate surface area is 66.6 Å². The standard InChI is InChI=1S/C8H14O3/c1-2-6-10-8-5-3-4-7(9)11-8/h2,7-9H,1,3-6H2. The van der Waals surface area contributed by atoms with Gasteiger partial charge in [-0.1, -0.05) is 6.08 Å². The molecule has 1 fully saturated rings. The maximum Gasteiger partial charge on any atom is 0.161 e. The van der Waals surface area contributed by atoms with Crippen LogP contribution in [0.15, 0.2) is 12.7 Å². The van der Waals surface area contributed by atoms with Crippen LogP contribution in [0.3, 0.4) is 0 Å². The van der Waals surface area contributed by atoms with Crippen LogP contribution in [0.2, 0.25) is 0 Å². The van der Waals surface area contributed by atoms with E-state index in [4.69, 9.17) is 14.6 Å². The van der Waals surface area contributed by atoms with E-state index >= 15 is 0 Å². The van der Waals surface area contributed by atoms with E-state index in [0.29, 0.717) is 13.0 Å². The molecule has 0 spiro atoms. The Balaban J connectivity index is 2.17. The lowest BCUT2D eigenvalue weighted by Crippen LogP contribution is -2.29. The molecule has 1 heterocycles. The summed E-state index contributed by atoms with van der Waals surface area (Å²) in [5.41, 5.74) is 0. The fraction of sp³-hybridized carbons (Fsp3) is 0.750. The highest BCUT2D eigenvalue weighted by atomic mass is 16.7. The third-order valence-corrected chi connectivity index (χ3v) is 1.60. The first-order chi connectivity index (χ1) is 5.33. The summed E-state index contributed by atoms with van der Waals surface area (Å²) in [4.78, 5) is 0. The van der Waals surface area contributed by atoms with Gasteiger partial charge in [0.05, 0.1) is 6.61 Å². The van der Waals surface area contributed by atoms with Crippen molar-refractivity contribution >= 4 is 0 Å². The average molecular weight is 158 g/mol. The molecule has 64 valence electrons. The normalized spacial score (nSPS) is 31.7. The zero-order valence-corrected chi connectivity index (χ0v) is 6.53. The average Bonchev–Trinajstić information content (AvgIpc) is 2.01. The summed E-state index contributed by atoms with van der Waals surface area (Å²) in [5, 5.41) is 9.05. The van der Waals surface area contributed by atoms with Gasteiger partial charge in [0, 0.05) is 0 Å². The van der Waals surface area contributed by atoms with E-state index in [2.05, 4.69) is 6.58 Å². The number of hydrogen-bond acceptors (Lipinski definition) is 3. The van der Waals surface area contributed by atoms with Crippen molar-refractivity contribution in [3.8, 4) is 0 Å². The molecule has 0 amide bonds. The molecule has 1 saturated heterocycles. The van der Waals surface area contributed by atoms with E-state index in [0.717, 1.165) is 12.8 Å². The Hall–Kier alpha value is -0.380. The van der Waals surface area contributed by atoms with Crippen molar-refractivity contribution in [3.05, 3.63) is 12.7 Å². The highest BCUT2D eigenvalue weighted by molar-refractivity contribution is 4.66. The monoisotopic (exact) mass is 158 g/mol. The Bertz CT molecular complexity index is 125. The van der Waals surface area contributed by atoms with Gasteiger partial charge in [0.2, 0.25) is 0 Å². The van der Waals surface area contributed by atoms with Crippen molar-refractivity contribution < 1.29 is 14.6 Å². The summed E-state index contributed by atoms with van der Waals surface area (Å²) < 4.78 is 10.3. The second kappa shape index (κ2) is 4.49. The molecule has 1 aliphatic heterocycles. The Morgan fingerprint density at radius 1 is 1.64 bits per heavy atom. The molecule has 0 saturated carbocycles. The van der Waals surface area contributed by atoms with E-state index in [1.54, 1.807) is 6.08 Å². The van der Waals surface area contributed by atoms with Crippen LogP contribution in [0.25, 0.3) is 0 Å². The first-order valence-corrected chi connectivity index (χ1v) is 3.89. The SMILES string of the molecule is C=CCOC1CCCC(O)O1. The van der Waals surface area contributed by atoms with Gasteiger partial charge in [0.1, 0.15) is 0 Å². The molecule has 3 heteroatoms. The van der Waals surface area contributed by atoms with Crippen LogP contribution in [-0.2, 0) is 9.47 Å². The summed E-state index contributed by atoms with van der Waals surface area (Å²) in [7, 11) is 0. The van der Waals surface area contributed by atoms with E-state index < -0.39 is 6.29 Å². The lowest BCUT2D eigenvalue weighted by Gasteiger charge is -2.26. The van der Waals surface area contributed by atoms with E-state index in [1.165, 1.54) is 0 Å². The minimum atomic E-state index is -0.640. The van der Waals surface area contributed by atoms with Gasteiger partial charge in [-0.15, -0.1) is 6.58 Å². The molecule has 0 aliphatic carbocycles. The molecule has 1 N–H and O–H groups in total. The number of ether oxygens (including phenoxy) is 2. The third kappa shape index (κ3) is 3.01. The first kappa shape index (κ1) is 8.71. The fourth-order valence-electron chi connectivity index (χ4n) is 1.07. The molecule has 0 aromatic carbocycles. The fourth-order valence-corrected chi connectivity index (χ4v) is 1.07. The predicted octanol–water partition coefficient (Wildman–Crippen LogP) is 1.03. The van der Waals surface area contributed by atoms with Crippen molar-refractivity contribution in [2.24, 2.45) is 0 Å². The maximum atomic E-state index is 9.05. The Kier molecular flexibility index (Phi) is 3.56. The molecule has 0 radical (unpaired) electrons. The van der Waals surface area contributed by atoms with Crippen molar-refractivity contribution in [2.75, 3.05) is 6.61 Å². The molecule has 2 atom stereocenters. The molecular formula is C8H14O3. The number of hydrogen-bond donors (Lipinski definition) is 1. The first-order valence-electron chi connectivity index (χ1n) is 3.89. The highest BCUT2D eigenvalue weighted by Gasteiger charge is 2.19. The molecule has 1 rings (SSSR count). The summed E-state index contributed by atoms with van der Waals surface area (Å²) in [6.07, 6.45) is 3.34. The van der Waals surface area contributed by atoms with E-state index in [-0.39, 0.29) is 6.29 Å². The van der Waals surface area contributed by atoms with Crippen LogP contribution in [-0.4, -0.2) is 24.3 Å². The van der Waals surface area contributed by atoms with Crippen LogP contribution in [0.4, 0.5) is 0 Å². The van der Waals surface area contributed by atoms with Gasteiger partial charge >= 0.3 is 0 Å². The quantitative estimate of drug-likeness (QED) is 0.623. The van der Waals surface area contributed by atoms with Gasteiger partial charge in [-0.25, -0.2) is 0 Å². The molecule has 1 aliphatic rings. The molecule has 3 nitrogen and oxygen atoms in total. The van der Waals surface area contributed by atoms with Gasteiger partial charge in [0.15, 0.2) is 12.6 Å². The number of aliphatic hydroxyl groups excluding tert-OH is 1. The lowest BCUT2D eigenvalue weighted by atomic mass is 10.2. The number of aliphatic hydroxyl groups is 1. The molecule has 2 unspecified atom stereocenters. The second-order valence-corrected chi connectivity index (χ2v) is 2.57. The van der Waals surface area contributed by atoms with Crippen molar-refractivity contribution in [1.29, 1.82) is 0 Å². The van der Waals surface area contributed by atoms with E-state index in [9.17, 15) is 0 Å². The predicted molar refractivity (Wildman–Crippen MR) is 40.9 cm³/mol. The van der Waals surface area contributed by atoms with Gasteiger partial charge in [-0.05, 0) is 19.3 Å². The van der Waals surface area contributed by atoms with Crippen molar-refractivity contribution in [3.63, 3.8) is 0 Å². The minimum Gasteiger partial charge on any atom is -0.368 e. The second-order valence-electron chi connectivity index (χ2n) is 2.57. The van der Waals surface area contributed by atoms with Gasteiger partial charge in [0.25, 0.3) is 0 Å². The smallest absolute Gasteiger partial charge is 0.161 e. The Morgan fingerprint density at radius 2 is 2.45 bits per heavy atom. The van der Waals surface area contributed by atoms with Gasteiger partial charge in [-0.2, -0.15) is 0 Å². The summed E-state index contributed by atoms with van der Waals surface area (Å²) in [5.74, 6) is 0. The largest absolute Gasteiger partial charge is 0.368 e. The zero-order chi connectivity index (χ0) is 8.10. The highest BCUT2D eigenvalue weighted by Crippen LogP contribution is 2.17. The van der Waals surface area contributed by atoms with Crippen LogP contribution in [0.5, 0.6) is 0 Å². The summed E-state index contributed by atoms with van der Waals surface area (Å²) >= 11 is 0. The zero-order valence-electron chi connectivity index (χ0n) is 6.53. The summed E-state index contributed by atoms with van der Waals surface area (Å²) in [6, 6.07) is 0. The lowest BCUT2D eigenvalue weighted by molar-refractivity contribution is -0.247. The number of rotatable bonds is 3.